The first-order chi connectivity index (χ1) is 29.2. The maximum absolute atomic E-state index is 6.77. The lowest BCUT2D eigenvalue weighted by atomic mass is 10.0. The number of hydrogen-bond donors (Lipinski definition) is 0. The highest BCUT2D eigenvalue weighted by Gasteiger charge is 2.21. The van der Waals surface area contributed by atoms with Crippen LogP contribution in [-0.2, 0) is 0 Å². The molecule has 0 N–H and O–H groups in total. The maximum Gasteiger partial charge on any atom is 0.164 e. The second-order valence-corrected chi connectivity index (χ2v) is 16.2. The van der Waals surface area contributed by atoms with Gasteiger partial charge in [0.05, 0.1) is 16.7 Å². The van der Waals surface area contributed by atoms with E-state index in [1.165, 1.54) is 41.8 Å². The number of aromatic nitrogens is 4. The summed E-state index contributed by atoms with van der Waals surface area (Å²) in [7, 11) is 0. The van der Waals surface area contributed by atoms with Gasteiger partial charge in [0.15, 0.2) is 17.5 Å². The molecule has 13 aromatic rings. The van der Waals surface area contributed by atoms with E-state index < -0.39 is 0 Å². The Morgan fingerprint density at radius 1 is 0.407 bits per heavy atom. The lowest BCUT2D eigenvalue weighted by Crippen LogP contribution is -2.00. The normalized spacial score (nSPS) is 12.1. The molecule has 9 aromatic carbocycles. The molecule has 0 bridgehead atoms. The van der Waals surface area contributed by atoms with Gasteiger partial charge in [-0.1, -0.05) is 127 Å². The first-order valence-corrected chi connectivity index (χ1v) is 20.6. The van der Waals surface area contributed by atoms with Gasteiger partial charge in [-0.05, 0) is 65.4 Å². The zero-order chi connectivity index (χ0) is 38.6. The summed E-state index contributed by atoms with van der Waals surface area (Å²) in [6, 6.07) is 64.4. The van der Waals surface area contributed by atoms with Gasteiger partial charge in [0, 0.05) is 69.2 Å². The van der Waals surface area contributed by atoms with Crippen molar-refractivity contribution in [3.05, 3.63) is 182 Å². The Labute approximate surface area is 341 Å². The number of benzene rings is 9. The number of thiophene rings is 1. The fourth-order valence-electron chi connectivity index (χ4n) is 9.12. The van der Waals surface area contributed by atoms with Gasteiger partial charge >= 0.3 is 0 Å². The second-order valence-electron chi connectivity index (χ2n) is 15.1. The van der Waals surface area contributed by atoms with Crippen molar-refractivity contribution in [3.8, 4) is 39.9 Å². The Morgan fingerprint density at radius 3 is 1.95 bits per heavy atom. The molecule has 0 aliphatic heterocycles. The van der Waals surface area contributed by atoms with E-state index >= 15 is 0 Å². The largest absolute Gasteiger partial charge is 0.455 e. The second kappa shape index (κ2) is 12.4. The van der Waals surface area contributed by atoms with Gasteiger partial charge < -0.3 is 8.98 Å². The number of fused-ring (bicyclic) bond motifs is 12. The number of para-hydroxylation sites is 1. The molecule has 5 nitrogen and oxygen atoms in total. The Kier molecular flexibility index (Phi) is 6.82. The van der Waals surface area contributed by atoms with E-state index in [2.05, 4.69) is 168 Å². The van der Waals surface area contributed by atoms with Crippen LogP contribution >= 0.6 is 11.3 Å². The van der Waals surface area contributed by atoms with Gasteiger partial charge in [0.1, 0.15) is 11.2 Å². The van der Waals surface area contributed by atoms with Gasteiger partial charge in [0.2, 0.25) is 0 Å². The van der Waals surface area contributed by atoms with Crippen molar-refractivity contribution >= 4 is 96.8 Å². The van der Waals surface area contributed by atoms with E-state index in [0.29, 0.717) is 17.5 Å². The number of rotatable bonds is 4. The van der Waals surface area contributed by atoms with Gasteiger partial charge in [-0.3, -0.25) is 0 Å². The van der Waals surface area contributed by atoms with E-state index in [1.807, 2.05) is 18.2 Å². The number of nitrogens with zero attached hydrogens (tertiary/aromatic N) is 4. The molecular weight excluding hydrogens is 741 g/mol. The lowest BCUT2D eigenvalue weighted by Gasteiger charge is -2.13. The minimum atomic E-state index is 0.608. The molecule has 274 valence electrons. The first kappa shape index (κ1) is 32.4. The molecule has 0 amide bonds. The summed E-state index contributed by atoms with van der Waals surface area (Å²) in [6.45, 7) is 0. The third kappa shape index (κ3) is 4.87. The van der Waals surface area contributed by atoms with Crippen molar-refractivity contribution in [1.82, 2.24) is 19.5 Å². The molecule has 0 fully saturated rings. The summed E-state index contributed by atoms with van der Waals surface area (Å²) in [4.78, 5) is 15.5. The van der Waals surface area contributed by atoms with Crippen molar-refractivity contribution < 1.29 is 4.42 Å². The minimum Gasteiger partial charge on any atom is -0.455 e. The van der Waals surface area contributed by atoms with E-state index in [1.54, 1.807) is 11.3 Å². The van der Waals surface area contributed by atoms with Crippen molar-refractivity contribution in [1.29, 1.82) is 0 Å². The summed E-state index contributed by atoms with van der Waals surface area (Å²) in [5, 5.41) is 11.5. The molecule has 59 heavy (non-hydrogen) atoms. The summed E-state index contributed by atoms with van der Waals surface area (Å²) in [5.74, 6) is 1.88. The van der Waals surface area contributed by atoms with E-state index in [9.17, 15) is 0 Å². The smallest absolute Gasteiger partial charge is 0.164 e. The lowest BCUT2D eigenvalue weighted by molar-refractivity contribution is 0.672. The van der Waals surface area contributed by atoms with E-state index in [4.69, 9.17) is 19.4 Å². The topological polar surface area (TPSA) is 56.7 Å². The highest BCUT2D eigenvalue weighted by Crippen LogP contribution is 2.43. The van der Waals surface area contributed by atoms with Crippen LogP contribution in [0.5, 0.6) is 0 Å². The van der Waals surface area contributed by atoms with Crippen LogP contribution in [0.4, 0.5) is 0 Å². The van der Waals surface area contributed by atoms with Crippen molar-refractivity contribution in [2.45, 2.75) is 0 Å². The quantitative estimate of drug-likeness (QED) is 0.179. The van der Waals surface area contributed by atoms with Crippen LogP contribution < -0.4 is 0 Å². The van der Waals surface area contributed by atoms with Crippen LogP contribution in [0, 0.1) is 0 Å². The molecule has 0 unspecified atom stereocenters. The molecule has 6 heteroatoms. The highest BCUT2D eigenvalue weighted by atomic mass is 32.1. The van der Waals surface area contributed by atoms with E-state index in [-0.39, 0.29) is 0 Å². The molecule has 0 aliphatic carbocycles. The number of hydrogen-bond acceptors (Lipinski definition) is 5. The predicted octanol–water partition coefficient (Wildman–Crippen LogP) is 14.5. The molecule has 0 radical (unpaired) electrons. The fraction of sp³-hybridized carbons (Fsp3) is 0. The minimum absolute atomic E-state index is 0.608. The summed E-state index contributed by atoms with van der Waals surface area (Å²) >= 11 is 1.79. The summed E-state index contributed by atoms with van der Waals surface area (Å²) < 4.78 is 11.6. The van der Waals surface area contributed by atoms with Crippen LogP contribution in [0.2, 0.25) is 0 Å². The van der Waals surface area contributed by atoms with Crippen LogP contribution in [0.3, 0.4) is 0 Å². The maximum atomic E-state index is 6.77. The molecule has 4 aromatic heterocycles. The van der Waals surface area contributed by atoms with Gasteiger partial charge in [0.25, 0.3) is 0 Å². The van der Waals surface area contributed by atoms with Crippen molar-refractivity contribution in [2.75, 3.05) is 0 Å². The summed E-state index contributed by atoms with van der Waals surface area (Å²) in [6.07, 6.45) is 0. The standard InChI is InChI=1S/C53H30N4OS/c1-2-13-31(14-3-1)51-54-52(56-53(55-51)39-21-12-24-48-49(39)38-20-9-11-23-47(38)59-48)34-25-26-46-41(28-34)42-30-45(35-17-6-7-19-37(35)50(42)58-46)57-43-22-10-8-18-36(43)40-27-32-15-4-5-16-33(32)29-44(40)57/h1-30H. The van der Waals surface area contributed by atoms with Crippen LogP contribution in [0.15, 0.2) is 186 Å². The SMILES string of the molecule is c1ccc(-c2nc(-c3ccc4oc5c6ccccc6c(-n6c7ccccc7c7cc8ccccc8cc76)cc5c4c3)nc(-c3cccc4sc5ccccc5c34)n2)cc1. The summed E-state index contributed by atoms with van der Waals surface area (Å²) in [5.41, 5.74) is 7.92. The number of furan rings is 1. The van der Waals surface area contributed by atoms with Crippen molar-refractivity contribution in [2.24, 2.45) is 0 Å². The monoisotopic (exact) mass is 770 g/mol. The first-order valence-electron chi connectivity index (χ1n) is 19.8. The molecular formula is C53H30N4OS. The van der Waals surface area contributed by atoms with Gasteiger partial charge in [-0.15, -0.1) is 11.3 Å². The fourth-order valence-corrected chi connectivity index (χ4v) is 10.3. The van der Waals surface area contributed by atoms with Gasteiger partial charge in [-0.25, -0.2) is 15.0 Å². The van der Waals surface area contributed by atoms with Crippen LogP contribution in [0.1, 0.15) is 0 Å². The third-order valence-corrected chi connectivity index (χ3v) is 12.9. The van der Waals surface area contributed by atoms with Crippen LogP contribution in [0.25, 0.3) is 125 Å². The Hall–Kier alpha value is -7.67. The molecule has 0 saturated heterocycles. The van der Waals surface area contributed by atoms with Crippen molar-refractivity contribution in [3.63, 3.8) is 0 Å². The molecule has 0 spiro atoms. The average molecular weight is 771 g/mol. The predicted molar refractivity (Wildman–Crippen MR) is 246 cm³/mol. The van der Waals surface area contributed by atoms with E-state index in [0.717, 1.165) is 66.0 Å². The zero-order valence-electron chi connectivity index (χ0n) is 31.4. The Bertz CT molecular complexity index is 3860. The average Bonchev–Trinajstić information content (AvgIpc) is 3.97. The molecule has 0 aliphatic rings. The third-order valence-electron chi connectivity index (χ3n) is 11.8. The van der Waals surface area contributed by atoms with Gasteiger partial charge in [-0.2, -0.15) is 0 Å². The zero-order valence-corrected chi connectivity index (χ0v) is 32.2. The molecule has 4 heterocycles. The van der Waals surface area contributed by atoms with Crippen LogP contribution in [-0.4, -0.2) is 19.5 Å². The molecule has 13 rings (SSSR count). The molecule has 0 saturated carbocycles. The molecule has 0 atom stereocenters. The Balaban J connectivity index is 1.07. The highest BCUT2D eigenvalue weighted by molar-refractivity contribution is 7.25. The Morgan fingerprint density at radius 2 is 1.08 bits per heavy atom.